The molecule has 1 saturated carbocycles. The highest BCUT2D eigenvalue weighted by Crippen LogP contribution is 2.42. The molecular weight excluding hydrogens is 236 g/mol. The van der Waals surface area contributed by atoms with E-state index in [0.29, 0.717) is 17.6 Å². The number of hydrogen-bond donors (Lipinski definition) is 1. The Balaban J connectivity index is 1.66. The van der Waals surface area contributed by atoms with Crippen molar-refractivity contribution in [2.75, 3.05) is 26.3 Å². The highest BCUT2D eigenvalue weighted by Gasteiger charge is 2.46. The van der Waals surface area contributed by atoms with Gasteiger partial charge in [-0.2, -0.15) is 0 Å². The van der Waals surface area contributed by atoms with Crippen molar-refractivity contribution in [3.8, 4) is 0 Å². The van der Waals surface area contributed by atoms with Gasteiger partial charge >= 0.3 is 0 Å². The summed E-state index contributed by atoms with van der Waals surface area (Å²) in [5.41, 5.74) is 0.367. The maximum atomic E-state index is 5.52. The molecule has 0 aromatic rings. The molecule has 3 fully saturated rings. The minimum Gasteiger partial charge on any atom is -0.381 e. The molecule has 0 bridgehead atoms. The van der Waals surface area contributed by atoms with Crippen LogP contribution in [0.1, 0.15) is 46.5 Å². The predicted molar refractivity (Wildman–Crippen MR) is 78.3 cm³/mol. The van der Waals surface area contributed by atoms with Crippen molar-refractivity contribution < 1.29 is 4.74 Å². The van der Waals surface area contributed by atoms with Crippen molar-refractivity contribution in [2.45, 2.75) is 64.1 Å². The molecule has 0 amide bonds. The van der Waals surface area contributed by atoms with E-state index >= 15 is 0 Å². The lowest BCUT2D eigenvalue weighted by Gasteiger charge is -2.50. The lowest BCUT2D eigenvalue weighted by molar-refractivity contribution is -0.00855. The third kappa shape index (κ3) is 2.84. The van der Waals surface area contributed by atoms with Gasteiger partial charge in [0.05, 0.1) is 0 Å². The van der Waals surface area contributed by atoms with E-state index in [2.05, 4.69) is 31.0 Å². The Kier molecular flexibility index (Phi) is 3.89. The Hall–Kier alpha value is -0.120. The summed E-state index contributed by atoms with van der Waals surface area (Å²) in [6.07, 6.45) is 5.35. The fraction of sp³-hybridized carbons (Fsp3) is 1.00. The minimum absolute atomic E-state index is 0.367. The zero-order chi connectivity index (χ0) is 13.5. The molecule has 3 unspecified atom stereocenters. The van der Waals surface area contributed by atoms with Gasteiger partial charge in [-0.3, -0.25) is 4.90 Å². The van der Waals surface area contributed by atoms with E-state index in [-0.39, 0.29) is 0 Å². The normalized spacial score (nSPS) is 40.3. The monoisotopic (exact) mass is 266 g/mol. The Bertz CT molecular complexity index is 312. The van der Waals surface area contributed by atoms with Crippen LogP contribution in [-0.4, -0.2) is 48.8 Å². The molecule has 3 atom stereocenters. The van der Waals surface area contributed by atoms with Crippen LogP contribution in [0.5, 0.6) is 0 Å². The van der Waals surface area contributed by atoms with Crippen molar-refractivity contribution in [1.82, 2.24) is 10.2 Å². The summed E-state index contributed by atoms with van der Waals surface area (Å²) in [7, 11) is 0. The van der Waals surface area contributed by atoms with E-state index in [0.717, 1.165) is 31.6 Å². The van der Waals surface area contributed by atoms with Crippen LogP contribution >= 0.6 is 0 Å². The third-order valence-electron chi connectivity index (χ3n) is 5.83. The maximum absolute atomic E-state index is 5.52. The van der Waals surface area contributed by atoms with Crippen LogP contribution in [0.2, 0.25) is 0 Å². The van der Waals surface area contributed by atoms with Gasteiger partial charge in [0.1, 0.15) is 0 Å². The van der Waals surface area contributed by atoms with Crippen molar-refractivity contribution in [2.24, 2.45) is 11.8 Å². The van der Waals surface area contributed by atoms with E-state index in [1.54, 1.807) is 0 Å². The Morgan fingerprint density at radius 1 is 1.21 bits per heavy atom. The molecule has 0 radical (unpaired) electrons. The Labute approximate surface area is 118 Å². The van der Waals surface area contributed by atoms with Crippen molar-refractivity contribution >= 4 is 0 Å². The quantitative estimate of drug-likeness (QED) is 0.848. The standard InChI is InChI=1S/C16H30N2O/c1-12-10-17-16(3,15-4-5-15)11-18(12)13(2)14-6-8-19-9-7-14/h12-15,17H,4-11H2,1-3H3. The van der Waals surface area contributed by atoms with E-state index in [4.69, 9.17) is 4.74 Å². The zero-order valence-corrected chi connectivity index (χ0v) is 12.8. The largest absolute Gasteiger partial charge is 0.381 e. The molecule has 3 aliphatic rings. The molecule has 2 saturated heterocycles. The topological polar surface area (TPSA) is 24.5 Å². The van der Waals surface area contributed by atoms with Crippen molar-refractivity contribution in [3.05, 3.63) is 0 Å². The van der Waals surface area contributed by atoms with Gasteiger partial charge in [-0.25, -0.2) is 0 Å². The number of nitrogens with one attached hydrogen (secondary N) is 1. The SMILES string of the molecule is CC1CNC(C)(C2CC2)CN1C(C)C1CCOCC1. The highest BCUT2D eigenvalue weighted by molar-refractivity contribution is 5.04. The average molecular weight is 266 g/mol. The van der Waals surface area contributed by atoms with Crippen molar-refractivity contribution in [3.63, 3.8) is 0 Å². The Morgan fingerprint density at radius 3 is 2.53 bits per heavy atom. The number of hydrogen-bond acceptors (Lipinski definition) is 3. The number of piperazine rings is 1. The van der Waals surface area contributed by atoms with E-state index in [1.807, 2.05) is 0 Å². The van der Waals surface area contributed by atoms with Crippen LogP contribution in [0.3, 0.4) is 0 Å². The summed E-state index contributed by atoms with van der Waals surface area (Å²) in [6.45, 7) is 11.6. The fourth-order valence-corrected chi connectivity index (χ4v) is 4.10. The van der Waals surface area contributed by atoms with Gasteiger partial charge in [-0.15, -0.1) is 0 Å². The van der Waals surface area contributed by atoms with Crippen LogP contribution < -0.4 is 5.32 Å². The molecule has 3 nitrogen and oxygen atoms in total. The second-order valence-corrected chi connectivity index (χ2v) is 7.28. The summed E-state index contributed by atoms with van der Waals surface area (Å²) < 4.78 is 5.52. The first kappa shape index (κ1) is 13.8. The van der Waals surface area contributed by atoms with Gasteiger partial charge in [0, 0.05) is 43.9 Å². The number of nitrogens with zero attached hydrogens (tertiary/aromatic N) is 1. The smallest absolute Gasteiger partial charge is 0.0469 e. The highest BCUT2D eigenvalue weighted by atomic mass is 16.5. The summed E-state index contributed by atoms with van der Waals surface area (Å²) in [5, 5.41) is 3.83. The molecule has 1 N–H and O–H groups in total. The molecule has 1 aliphatic carbocycles. The molecule has 0 aromatic carbocycles. The van der Waals surface area contributed by atoms with E-state index in [9.17, 15) is 0 Å². The van der Waals surface area contributed by atoms with E-state index in [1.165, 1.54) is 32.2 Å². The average Bonchev–Trinajstić information content (AvgIpc) is 3.27. The maximum Gasteiger partial charge on any atom is 0.0469 e. The van der Waals surface area contributed by atoms with Crippen LogP contribution in [0.25, 0.3) is 0 Å². The second kappa shape index (κ2) is 5.34. The summed E-state index contributed by atoms with van der Waals surface area (Å²) in [4.78, 5) is 2.78. The van der Waals surface area contributed by atoms with E-state index < -0.39 is 0 Å². The molecule has 3 rings (SSSR count). The summed E-state index contributed by atoms with van der Waals surface area (Å²) >= 11 is 0. The molecule has 0 spiro atoms. The van der Waals surface area contributed by atoms with Crippen LogP contribution in [-0.2, 0) is 4.74 Å². The molecule has 2 heterocycles. The van der Waals surface area contributed by atoms with Crippen LogP contribution in [0.4, 0.5) is 0 Å². The molecule has 3 heteroatoms. The number of ether oxygens (including phenoxy) is 1. The van der Waals surface area contributed by atoms with Crippen LogP contribution in [0, 0.1) is 11.8 Å². The van der Waals surface area contributed by atoms with Gasteiger partial charge in [-0.1, -0.05) is 0 Å². The molecule has 2 aliphatic heterocycles. The molecule has 110 valence electrons. The van der Waals surface area contributed by atoms with Gasteiger partial charge < -0.3 is 10.1 Å². The van der Waals surface area contributed by atoms with Gasteiger partial charge in [-0.05, 0) is 58.3 Å². The predicted octanol–water partition coefficient (Wildman–Crippen LogP) is 2.26. The third-order valence-corrected chi connectivity index (χ3v) is 5.83. The van der Waals surface area contributed by atoms with Gasteiger partial charge in [0.2, 0.25) is 0 Å². The molecular formula is C16H30N2O. The van der Waals surface area contributed by atoms with Crippen LogP contribution in [0.15, 0.2) is 0 Å². The van der Waals surface area contributed by atoms with Gasteiger partial charge in [0.15, 0.2) is 0 Å². The summed E-state index contributed by atoms with van der Waals surface area (Å²) in [6, 6.07) is 1.38. The first-order chi connectivity index (χ1) is 9.10. The lowest BCUT2D eigenvalue weighted by atomic mass is 9.86. The number of rotatable bonds is 3. The molecule has 0 aromatic heterocycles. The first-order valence-electron chi connectivity index (χ1n) is 8.19. The lowest BCUT2D eigenvalue weighted by Crippen LogP contribution is -2.65. The summed E-state index contributed by atoms with van der Waals surface area (Å²) in [5.74, 6) is 1.75. The Morgan fingerprint density at radius 2 is 1.89 bits per heavy atom. The van der Waals surface area contributed by atoms with Gasteiger partial charge in [0.25, 0.3) is 0 Å². The zero-order valence-electron chi connectivity index (χ0n) is 12.8. The minimum atomic E-state index is 0.367. The molecule has 19 heavy (non-hydrogen) atoms. The second-order valence-electron chi connectivity index (χ2n) is 7.28. The first-order valence-corrected chi connectivity index (χ1v) is 8.19. The fourth-order valence-electron chi connectivity index (χ4n) is 4.10. The van der Waals surface area contributed by atoms with Crippen molar-refractivity contribution in [1.29, 1.82) is 0 Å².